The van der Waals surface area contributed by atoms with Gasteiger partial charge in [0.1, 0.15) is 5.82 Å². The van der Waals surface area contributed by atoms with Gasteiger partial charge in [-0.25, -0.2) is 4.39 Å². The summed E-state index contributed by atoms with van der Waals surface area (Å²) in [5, 5.41) is 11.8. The summed E-state index contributed by atoms with van der Waals surface area (Å²) in [4.78, 5) is 13.9. The molecule has 1 aromatic carbocycles. The second-order valence-corrected chi connectivity index (χ2v) is 5.46. The minimum atomic E-state index is -0.340. The summed E-state index contributed by atoms with van der Waals surface area (Å²) >= 11 is 0. The smallest absolute Gasteiger partial charge is 0.238 e. The largest absolute Gasteiger partial charge is 0.394 e. The van der Waals surface area contributed by atoms with Gasteiger partial charge < -0.3 is 15.2 Å². The second kappa shape index (κ2) is 6.98. The number of hydrogen-bond acceptors (Lipinski definition) is 4. The molecule has 0 spiro atoms. The lowest BCUT2D eigenvalue weighted by molar-refractivity contribution is -0.124. The van der Waals surface area contributed by atoms with Crippen molar-refractivity contribution in [3.8, 4) is 0 Å². The fourth-order valence-electron chi connectivity index (χ4n) is 2.44. The zero-order chi connectivity index (χ0) is 15.4. The van der Waals surface area contributed by atoms with Crippen LogP contribution in [0.5, 0.6) is 0 Å². The van der Waals surface area contributed by atoms with Gasteiger partial charge >= 0.3 is 0 Å². The van der Waals surface area contributed by atoms with Gasteiger partial charge in [-0.05, 0) is 31.5 Å². The Morgan fingerprint density at radius 1 is 1.52 bits per heavy atom. The number of nitrogens with zero attached hydrogens (tertiary/aromatic N) is 1. The molecule has 0 saturated carbocycles. The highest BCUT2D eigenvalue weighted by atomic mass is 19.1. The zero-order valence-corrected chi connectivity index (χ0v) is 12.3. The van der Waals surface area contributed by atoms with Crippen LogP contribution < -0.4 is 5.32 Å². The Kier molecular flexibility index (Phi) is 5.27. The third-order valence-corrected chi connectivity index (χ3v) is 3.43. The van der Waals surface area contributed by atoms with Crippen LogP contribution in [0.4, 0.5) is 10.1 Å². The molecule has 1 aliphatic heterocycles. The van der Waals surface area contributed by atoms with Gasteiger partial charge in [-0.2, -0.15) is 0 Å². The van der Waals surface area contributed by atoms with Gasteiger partial charge in [0.15, 0.2) is 0 Å². The van der Waals surface area contributed by atoms with Crippen molar-refractivity contribution >= 4 is 11.6 Å². The number of halogens is 1. The van der Waals surface area contributed by atoms with Crippen LogP contribution in [0.3, 0.4) is 0 Å². The molecule has 0 bridgehead atoms. The minimum Gasteiger partial charge on any atom is -0.394 e. The molecular weight excluding hydrogens is 275 g/mol. The predicted octanol–water partition coefficient (Wildman–Crippen LogP) is 1.15. The first-order chi connectivity index (χ1) is 9.97. The summed E-state index contributed by atoms with van der Waals surface area (Å²) in [6.07, 6.45) is -0.293. The van der Waals surface area contributed by atoms with Crippen molar-refractivity contribution in [2.45, 2.75) is 26.1 Å². The van der Waals surface area contributed by atoms with E-state index in [0.717, 1.165) is 0 Å². The van der Waals surface area contributed by atoms with E-state index in [1.54, 1.807) is 19.1 Å². The van der Waals surface area contributed by atoms with Crippen LogP contribution in [0.15, 0.2) is 18.2 Å². The van der Waals surface area contributed by atoms with E-state index in [1.807, 2.05) is 11.8 Å². The zero-order valence-electron chi connectivity index (χ0n) is 12.3. The molecule has 1 aliphatic rings. The summed E-state index contributed by atoms with van der Waals surface area (Å²) in [6, 6.07) is 4.62. The van der Waals surface area contributed by atoms with E-state index in [9.17, 15) is 9.18 Å². The number of aliphatic hydroxyl groups excluding tert-OH is 1. The number of rotatable bonds is 4. The van der Waals surface area contributed by atoms with E-state index in [0.29, 0.717) is 24.3 Å². The lowest BCUT2D eigenvalue weighted by Gasteiger charge is -2.35. The van der Waals surface area contributed by atoms with E-state index in [1.165, 1.54) is 6.07 Å². The number of ether oxygens (including phenoxy) is 1. The van der Waals surface area contributed by atoms with Gasteiger partial charge in [0, 0.05) is 18.8 Å². The van der Waals surface area contributed by atoms with Crippen LogP contribution in [-0.4, -0.2) is 54.4 Å². The van der Waals surface area contributed by atoms with Crippen molar-refractivity contribution in [2.75, 3.05) is 31.6 Å². The molecule has 2 atom stereocenters. The van der Waals surface area contributed by atoms with Crippen LogP contribution in [0, 0.1) is 12.7 Å². The Labute approximate surface area is 123 Å². The molecule has 0 aliphatic carbocycles. The monoisotopic (exact) mass is 296 g/mol. The summed E-state index contributed by atoms with van der Waals surface area (Å²) in [7, 11) is 0. The topological polar surface area (TPSA) is 61.8 Å². The highest BCUT2D eigenvalue weighted by Gasteiger charge is 2.25. The number of hydrogen-bond donors (Lipinski definition) is 2. The summed E-state index contributed by atoms with van der Waals surface area (Å²) in [5.41, 5.74) is 0.990. The van der Waals surface area contributed by atoms with Crippen LogP contribution in [0.25, 0.3) is 0 Å². The average molecular weight is 296 g/mol. The molecule has 1 amide bonds. The van der Waals surface area contributed by atoms with Gasteiger partial charge in [-0.1, -0.05) is 6.07 Å². The van der Waals surface area contributed by atoms with E-state index in [2.05, 4.69) is 5.32 Å². The van der Waals surface area contributed by atoms with Crippen LogP contribution >= 0.6 is 0 Å². The first-order valence-electron chi connectivity index (χ1n) is 7.02. The van der Waals surface area contributed by atoms with Gasteiger partial charge in [0.05, 0.1) is 25.4 Å². The number of carbonyl (C=O) groups excluding carboxylic acids is 1. The first-order valence-corrected chi connectivity index (χ1v) is 7.02. The number of amides is 1. The highest BCUT2D eigenvalue weighted by molar-refractivity contribution is 5.92. The van der Waals surface area contributed by atoms with E-state index in [-0.39, 0.29) is 37.1 Å². The molecule has 1 saturated heterocycles. The Balaban J connectivity index is 1.90. The van der Waals surface area contributed by atoms with Gasteiger partial charge in [-0.3, -0.25) is 9.69 Å². The van der Waals surface area contributed by atoms with Crippen molar-refractivity contribution in [2.24, 2.45) is 0 Å². The van der Waals surface area contributed by atoms with Crippen molar-refractivity contribution in [1.82, 2.24) is 4.90 Å². The number of benzene rings is 1. The molecule has 1 heterocycles. The number of anilines is 1. The number of nitrogens with one attached hydrogen (secondary N) is 1. The molecule has 6 heteroatoms. The molecular formula is C15H21FN2O3. The Hall–Kier alpha value is -1.50. The molecule has 1 aromatic rings. The van der Waals surface area contributed by atoms with Gasteiger partial charge in [0.25, 0.3) is 0 Å². The number of carbonyl (C=O) groups is 1. The molecule has 0 radical (unpaired) electrons. The van der Waals surface area contributed by atoms with Crippen LogP contribution in [0.1, 0.15) is 12.5 Å². The normalized spacial score (nSPS) is 23.0. The van der Waals surface area contributed by atoms with Gasteiger partial charge in [0.2, 0.25) is 5.91 Å². The summed E-state index contributed by atoms with van der Waals surface area (Å²) < 4.78 is 19.0. The molecule has 21 heavy (non-hydrogen) atoms. The predicted molar refractivity (Wildman–Crippen MR) is 77.6 cm³/mol. The van der Waals surface area contributed by atoms with E-state index >= 15 is 0 Å². The molecule has 2 N–H and O–H groups in total. The molecule has 5 nitrogen and oxygen atoms in total. The molecule has 2 unspecified atom stereocenters. The fourth-order valence-corrected chi connectivity index (χ4v) is 2.44. The maximum Gasteiger partial charge on any atom is 0.238 e. The Morgan fingerprint density at radius 2 is 2.29 bits per heavy atom. The Bertz CT molecular complexity index is 510. The SMILES string of the molecule is Cc1ccc(NC(=O)CN2CC(C)OC(CO)C2)cc1F. The lowest BCUT2D eigenvalue weighted by Crippen LogP contribution is -2.50. The Morgan fingerprint density at radius 3 is 2.95 bits per heavy atom. The quantitative estimate of drug-likeness (QED) is 0.875. The number of aliphatic hydroxyl groups is 1. The van der Waals surface area contributed by atoms with Crippen LogP contribution in [-0.2, 0) is 9.53 Å². The molecule has 2 rings (SSSR count). The third-order valence-electron chi connectivity index (χ3n) is 3.43. The standard InChI is InChI=1S/C15H21FN2O3/c1-10-3-4-12(5-14(10)16)17-15(20)8-18-6-11(2)21-13(7-18)9-19/h3-5,11,13,19H,6-9H2,1-2H3,(H,17,20). The minimum absolute atomic E-state index is 0.0273. The summed E-state index contributed by atoms with van der Waals surface area (Å²) in [6.45, 7) is 4.85. The van der Waals surface area contributed by atoms with Gasteiger partial charge in [-0.15, -0.1) is 0 Å². The maximum atomic E-state index is 13.4. The van der Waals surface area contributed by atoms with Crippen molar-refractivity contribution < 1.29 is 19.0 Å². The molecule has 116 valence electrons. The second-order valence-electron chi connectivity index (χ2n) is 5.46. The van der Waals surface area contributed by atoms with E-state index < -0.39 is 0 Å². The third kappa shape index (κ3) is 4.49. The first kappa shape index (κ1) is 15.9. The molecule has 0 aromatic heterocycles. The maximum absolute atomic E-state index is 13.4. The van der Waals surface area contributed by atoms with Crippen molar-refractivity contribution in [3.63, 3.8) is 0 Å². The van der Waals surface area contributed by atoms with Crippen molar-refractivity contribution in [3.05, 3.63) is 29.6 Å². The highest BCUT2D eigenvalue weighted by Crippen LogP contribution is 2.14. The molecule has 1 fully saturated rings. The number of morpholine rings is 1. The fraction of sp³-hybridized carbons (Fsp3) is 0.533. The van der Waals surface area contributed by atoms with Crippen LogP contribution in [0.2, 0.25) is 0 Å². The summed E-state index contributed by atoms with van der Waals surface area (Å²) in [5.74, 6) is -0.544. The number of aryl methyl sites for hydroxylation is 1. The van der Waals surface area contributed by atoms with E-state index in [4.69, 9.17) is 9.84 Å². The lowest BCUT2D eigenvalue weighted by atomic mass is 10.2. The van der Waals surface area contributed by atoms with Crippen molar-refractivity contribution in [1.29, 1.82) is 0 Å². The average Bonchev–Trinajstić information content (AvgIpc) is 2.42.